The molecule has 1 aliphatic heterocycles. The van der Waals surface area contributed by atoms with Gasteiger partial charge in [0.15, 0.2) is 0 Å². The molecule has 4 rings (SSSR count). The number of nitrogens with one attached hydrogen (secondary N) is 1. The molecule has 0 radical (unpaired) electrons. The van der Waals surface area contributed by atoms with E-state index in [1.807, 2.05) is 0 Å². The fourth-order valence-electron chi connectivity index (χ4n) is 3.45. The molecule has 1 aromatic carbocycles. The zero-order valence-electron chi connectivity index (χ0n) is 15.7. The van der Waals surface area contributed by atoms with E-state index >= 15 is 0 Å². The molecule has 1 N–H and O–H groups in total. The van der Waals surface area contributed by atoms with Crippen molar-refractivity contribution < 1.29 is 4.74 Å². The third-order valence-electron chi connectivity index (χ3n) is 4.94. The zero-order chi connectivity index (χ0) is 18.1. The minimum atomic E-state index is 0.286. The maximum atomic E-state index is 5.78. The van der Waals surface area contributed by atoms with Crippen LogP contribution in [-0.4, -0.2) is 42.7 Å². The summed E-state index contributed by atoms with van der Waals surface area (Å²) in [5, 5.41) is 3.61. The van der Waals surface area contributed by atoms with Gasteiger partial charge in [0.25, 0.3) is 0 Å². The van der Waals surface area contributed by atoms with Crippen LogP contribution in [0.15, 0.2) is 42.6 Å². The van der Waals surface area contributed by atoms with Crippen LogP contribution in [-0.2, 0) is 4.74 Å². The van der Waals surface area contributed by atoms with Crippen molar-refractivity contribution in [3.05, 3.63) is 48.2 Å². The number of hydrogen-bond acceptors (Lipinski definition) is 4. The summed E-state index contributed by atoms with van der Waals surface area (Å²) in [6.45, 7) is 3.79. The van der Waals surface area contributed by atoms with Gasteiger partial charge in [-0.05, 0) is 43.5 Å². The minimum Gasteiger partial charge on any atom is -0.378 e. The number of ether oxygens (including phenoxy) is 1. The number of aromatic nitrogens is 2. The van der Waals surface area contributed by atoms with Crippen LogP contribution >= 0.6 is 0 Å². The number of hydrogen-bond donors (Lipinski definition) is 1. The van der Waals surface area contributed by atoms with Gasteiger partial charge in [-0.15, -0.1) is 0 Å². The first kappa shape index (κ1) is 16.9. The Labute approximate surface area is 154 Å². The highest BCUT2D eigenvalue weighted by molar-refractivity contribution is 5.77. The number of anilines is 2. The Kier molecular flexibility index (Phi) is 4.55. The summed E-state index contributed by atoms with van der Waals surface area (Å²) in [6, 6.07) is 12.7. The normalized spacial score (nSPS) is 17.0. The minimum absolute atomic E-state index is 0.286. The van der Waals surface area contributed by atoms with Crippen LogP contribution in [0.3, 0.4) is 0 Å². The molecule has 0 unspecified atom stereocenters. The molecule has 0 amide bonds. The van der Waals surface area contributed by atoms with Crippen molar-refractivity contribution in [2.75, 3.05) is 37.5 Å². The summed E-state index contributed by atoms with van der Waals surface area (Å²) in [5.41, 5.74) is 5.45. The highest BCUT2D eigenvalue weighted by atomic mass is 16.5. The Hall–Kier alpha value is -2.53. The van der Waals surface area contributed by atoms with Gasteiger partial charge in [-0.1, -0.05) is 18.2 Å². The standard InChI is InChI=1S/C21H26N4O/c1-15-6-11-19-23-20(16-7-9-17(10-8-16)24(2)3)21(25(19)14-15)22-13-18-5-4-12-26-18/h6-11,14,18,22H,4-5,12-13H2,1-3H3/t18-/m1/s1. The van der Waals surface area contributed by atoms with Gasteiger partial charge in [0.05, 0.1) is 6.10 Å². The molecule has 3 aromatic rings. The summed E-state index contributed by atoms with van der Waals surface area (Å²) in [7, 11) is 4.11. The fraction of sp³-hybridized carbons (Fsp3) is 0.381. The van der Waals surface area contributed by atoms with Crippen molar-refractivity contribution in [2.45, 2.75) is 25.9 Å². The summed E-state index contributed by atoms with van der Waals surface area (Å²) >= 11 is 0. The number of benzene rings is 1. The van der Waals surface area contributed by atoms with Crippen LogP contribution in [0.4, 0.5) is 11.5 Å². The molecule has 1 aliphatic rings. The summed E-state index contributed by atoms with van der Waals surface area (Å²) < 4.78 is 7.93. The monoisotopic (exact) mass is 350 g/mol. The molecule has 0 spiro atoms. The van der Waals surface area contributed by atoms with Crippen molar-refractivity contribution >= 4 is 17.2 Å². The van der Waals surface area contributed by atoms with Gasteiger partial charge in [-0.2, -0.15) is 0 Å². The Morgan fingerprint density at radius 3 is 2.69 bits per heavy atom. The zero-order valence-corrected chi connectivity index (χ0v) is 15.7. The highest BCUT2D eigenvalue weighted by Crippen LogP contribution is 2.30. The van der Waals surface area contributed by atoms with Crippen LogP contribution in [0.1, 0.15) is 18.4 Å². The molecule has 3 heterocycles. The maximum absolute atomic E-state index is 5.78. The predicted molar refractivity (Wildman–Crippen MR) is 107 cm³/mol. The first-order valence-electron chi connectivity index (χ1n) is 9.24. The molecule has 2 aromatic heterocycles. The van der Waals surface area contributed by atoms with E-state index in [0.717, 1.165) is 48.7 Å². The quantitative estimate of drug-likeness (QED) is 0.756. The number of nitrogens with zero attached hydrogens (tertiary/aromatic N) is 3. The topological polar surface area (TPSA) is 41.8 Å². The van der Waals surface area contributed by atoms with Gasteiger partial charge in [0, 0.05) is 44.7 Å². The van der Waals surface area contributed by atoms with Crippen molar-refractivity contribution in [3.8, 4) is 11.3 Å². The van der Waals surface area contributed by atoms with Crippen LogP contribution in [0.5, 0.6) is 0 Å². The smallest absolute Gasteiger partial charge is 0.139 e. The van der Waals surface area contributed by atoms with Crippen LogP contribution < -0.4 is 10.2 Å². The lowest BCUT2D eigenvalue weighted by Crippen LogP contribution is -2.19. The van der Waals surface area contributed by atoms with Crippen molar-refractivity contribution in [1.29, 1.82) is 0 Å². The molecule has 5 nitrogen and oxygen atoms in total. The van der Waals surface area contributed by atoms with E-state index in [1.165, 1.54) is 11.3 Å². The van der Waals surface area contributed by atoms with E-state index in [4.69, 9.17) is 9.72 Å². The number of fused-ring (bicyclic) bond motifs is 1. The fourth-order valence-corrected chi connectivity index (χ4v) is 3.45. The second-order valence-electron chi connectivity index (χ2n) is 7.20. The van der Waals surface area contributed by atoms with E-state index in [1.54, 1.807) is 0 Å². The summed E-state index contributed by atoms with van der Waals surface area (Å²) in [5.74, 6) is 1.04. The summed E-state index contributed by atoms with van der Waals surface area (Å²) in [6.07, 6.45) is 4.69. The van der Waals surface area contributed by atoms with Gasteiger partial charge in [-0.3, -0.25) is 4.40 Å². The number of imidazole rings is 1. The molecule has 1 saturated heterocycles. The van der Waals surface area contributed by atoms with Crippen LogP contribution in [0, 0.1) is 6.92 Å². The van der Waals surface area contributed by atoms with Gasteiger partial charge < -0.3 is 15.0 Å². The van der Waals surface area contributed by atoms with E-state index in [2.05, 4.69) is 78.2 Å². The average Bonchev–Trinajstić information content (AvgIpc) is 3.27. The Morgan fingerprint density at radius 2 is 2.00 bits per heavy atom. The molecule has 1 atom stereocenters. The average molecular weight is 350 g/mol. The Morgan fingerprint density at radius 1 is 1.19 bits per heavy atom. The Bertz CT molecular complexity index is 892. The van der Waals surface area contributed by atoms with Gasteiger partial charge >= 0.3 is 0 Å². The van der Waals surface area contributed by atoms with E-state index in [0.29, 0.717) is 0 Å². The van der Waals surface area contributed by atoms with Crippen LogP contribution in [0.2, 0.25) is 0 Å². The number of rotatable bonds is 5. The summed E-state index contributed by atoms with van der Waals surface area (Å²) in [4.78, 5) is 6.99. The molecule has 0 bridgehead atoms. The largest absolute Gasteiger partial charge is 0.378 e. The highest BCUT2D eigenvalue weighted by Gasteiger charge is 2.19. The maximum Gasteiger partial charge on any atom is 0.139 e. The third kappa shape index (κ3) is 3.27. The van der Waals surface area contributed by atoms with Crippen molar-refractivity contribution in [1.82, 2.24) is 9.38 Å². The third-order valence-corrected chi connectivity index (χ3v) is 4.94. The molecule has 0 aliphatic carbocycles. The molecule has 5 heteroatoms. The van der Waals surface area contributed by atoms with Crippen molar-refractivity contribution in [2.24, 2.45) is 0 Å². The van der Waals surface area contributed by atoms with E-state index in [9.17, 15) is 0 Å². The van der Waals surface area contributed by atoms with Gasteiger partial charge in [-0.25, -0.2) is 4.98 Å². The molecular formula is C21H26N4O. The molecule has 136 valence electrons. The SMILES string of the molecule is Cc1ccc2nc(-c3ccc(N(C)C)cc3)c(NC[C@H]3CCCO3)n2c1. The first-order valence-corrected chi connectivity index (χ1v) is 9.24. The number of aryl methyl sites for hydroxylation is 1. The predicted octanol–water partition coefficient (Wildman–Crippen LogP) is 3.97. The molecular weight excluding hydrogens is 324 g/mol. The second kappa shape index (κ2) is 7.00. The lowest BCUT2D eigenvalue weighted by atomic mass is 10.1. The van der Waals surface area contributed by atoms with Crippen LogP contribution in [0.25, 0.3) is 16.9 Å². The number of pyridine rings is 1. The lowest BCUT2D eigenvalue weighted by Gasteiger charge is -2.14. The molecule has 0 saturated carbocycles. The Balaban J connectivity index is 1.73. The van der Waals surface area contributed by atoms with Gasteiger partial charge in [0.1, 0.15) is 17.2 Å². The first-order chi connectivity index (χ1) is 12.6. The molecule has 26 heavy (non-hydrogen) atoms. The van der Waals surface area contributed by atoms with E-state index < -0.39 is 0 Å². The van der Waals surface area contributed by atoms with E-state index in [-0.39, 0.29) is 6.10 Å². The second-order valence-corrected chi connectivity index (χ2v) is 7.20. The van der Waals surface area contributed by atoms with Crippen molar-refractivity contribution in [3.63, 3.8) is 0 Å². The lowest BCUT2D eigenvalue weighted by molar-refractivity contribution is 0.120. The van der Waals surface area contributed by atoms with Gasteiger partial charge in [0.2, 0.25) is 0 Å². The molecule has 1 fully saturated rings.